The van der Waals surface area contributed by atoms with Crippen molar-refractivity contribution in [3.63, 3.8) is 0 Å². The molecule has 0 bridgehead atoms. The molecule has 122 valence electrons. The van der Waals surface area contributed by atoms with E-state index < -0.39 is 0 Å². The molecular weight excluding hydrogens is 292 g/mol. The summed E-state index contributed by atoms with van der Waals surface area (Å²) in [5.41, 5.74) is 1.23. The first-order valence-electron chi connectivity index (χ1n) is 8.07. The summed E-state index contributed by atoms with van der Waals surface area (Å²) in [5, 5.41) is 5.89. The van der Waals surface area contributed by atoms with Crippen molar-refractivity contribution in [3.8, 4) is 0 Å². The number of hydrogen-bond acceptors (Lipinski definition) is 3. The third kappa shape index (κ3) is 3.62. The molecule has 1 aliphatic heterocycles. The van der Waals surface area contributed by atoms with Crippen LogP contribution in [0.1, 0.15) is 36.0 Å². The van der Waals surface area contributed by atoms with Crippen LogP contribution >= 0.6 is 0 Å². The first-order valence-corrected chi connectivity index (χ1v) is 8.07. The number of rotatable bonds is 5. The number of benzene rings is 1. The van der Waals surface area contributed by atoms with Crippen molar-refractivity contribution in [1.82, 2.24) is 5.32 Å². The van der Waals surface area contributed by atoms with E-state index in [1.165, 1.54) is 6.08 Å². The Labute approximate surface area is 136 Å². The summed E-state index contributed by atoms with van der Waals surface area (Å²) in [6, 6.07) is 6.91. The second-order valence-electron chi connectivity index (χ2n) is 6.27. The van der Waals surface area contributed by atoms with Crippen LogP contribution in [0.5, 0.6) is 0 Å². The quantitative estimate of drug-likeness (QED) is 0.821. The average molecular weight is 314 g/mol. The number of amides is 2. The van der Waals surface area contributed by atoms with Gasteiger partial charge in [0, 0.05) is 30.0 Å². The lowest BCUT2D eigenvalue weighted by atomic mass is 9.89. The van der Waals surface area contributed by atoms with E-state index >= 15 is 0 Å². The van der Waals surface area contributed by atoms with E-state index in [9.17, 15) is 9.59 Å². The molecule has 1 aliphatic carbocycles. The molecule has 3 rings (SSSR count). The maximum Gasteiger partial charge on any atom is 0.251 e. The zero-order valence-electron chi connectivity index (χ0n) is 13.1. The lowest BCUT2D eigenvalue weighted by molar-refractivity contribution is -0.111. The molecule has 2 amide bonds. The molecule has 23 heavy (non-hydrogen) atoms. The van der Waals surface area contributed by atoms with E-state index in [-0.39, 0.29) is 17.4 Å². The van der Waals surface area contributed by atoms with Crippen LogP contribution in [0.3, 0.4) is 0 Å². The van der Waals surface area contributed by atoms with Crippen molar-refractivity contribution in [1.29, 1.82) is 0 Å². The van der Waals surface area contributed by atoms with Crippen molar-refractivity contribution in [2.75, 3.05) is 18.5 Å². The fourth-order valence-electron chi connectivity index (χ4n) is 3.22. The zero-order chi connectivity index (χ0) is 16.3. The van der Waals surface area contributed by atoms with Crippen molar-refractivity contribution in [2.45, 2.75) is 31.2 Å². The van der Waals surface area contributed by atoms with Crippen LogP contribution in [0.25, 0.3) is 0 Å². The number of ether oxygens (including phenoxy) is 1. The second-order valence-corrected chi connectivity index (χ2v) is 6.27. The van der Waals surface area contributed by atoms with Crippen LogP contribution in [0.2, 0.25) is 0 Å². The van der Waals surface area contributed by atoms with Gasteiger partial charge in [-0.2, -0.15) is 0 Å². The van der Waals surface area contributed by atoms with Gasteiger partial charge in [0.1, 0.15) is 0 Å². The van der Waals surface area contributed by atoms with Gasteiger partial charge in [0.05, 0.1) is 0 Å². The number of carbonyl (C=O) groups excluding carboxylic acids is 2. The molecule has 2 aliphatic rings. The van der Waals surface area contributed by atoms with Gasteiger partial charge in [-0.15, -0.1) is 0 Å². The van der Waals surface area contributed by atoms with Crippen LogP contribution < -0.4 is 10.6 Å². The van der Waals surface area contributed by atoms with Crippen molar-refractivity contribution in [2.24, 2.45) is 5.92 Å². The molecule has 5 heteroatoms. The number of anilines is 1. The molecule has 1 aromatic rings. The fraction of sp³-hybridized carbons (Fsp3) is 0.444. The summed E-state index contributed by atoms with van der Waals surface area (Å²) in [4.78, 5) is 23.7. The van der Waals surface area contributed by atoms with E-state index in [1.807, 2.05) is 0 Å². The summed E-state index contributed by atoms with van der Waals surface area (Å²) >= 11 is 0. The molecule has 0 atom stereocenters. The largest absolute Gasteiger partial charge is 0.381 e. The normalized spacial score (nSPS) is 19.7. The van der Waals surface area contributed by atoms with Gasteiger partial charge >= 0.3 is 0 Å². The number of nitrogens with one attached hydrogen (secondary N) is 2. The molecule has 2 fully saturated rings. The van der Waals surface area contributed by atoms with Gasteiger partial charge < -0.3 is 15.4 Å². The van der Waals surface area contributed by atoms with Crippen LogP contribution in [-0.2, 0) is 9.53 Å². The average Bonchev–Trinajstić information content (AvgIpc) is 3.37. The zero-order valence-corrected chi connectivity index (χ0v) is 13.1. The Hall–Kier alpha value is -2.14. The summed E-state index contributed by atoms with van der Waals surface area (Å²) in [6.07, 6.45) is 5.36. The predicted octanol–water partition coefficient (Wildman–Crippen LogP) is 2.50. The van der Waals surface area contributed by atoms with Crippen LogP contribution in [0.15, 0.2) is 36.9 Å². The number of hydrogen-bond donors (Lipinski definition) is 2. The Morgan fingerprint density at radius 1 is 1.17 bits per heavy atom. The van der Waals surface area contributed by atoms with E-state index in [4.69, 9.17) is 4.74 Å². The minimum Gasteiger partial charge on any atom is -0.381 e. The Morgan fingerprint density at radius 3 is 2.39 bits per heavy atom. The molecule has 0 aromatic heterocycles. The first-order chi connectivity index (χ1) is 11.1. The lowest BCUT2D eigenvalue weighted by Crippen LogP contribution is -2.44. The van der Waals surface area contributed by atoms with Gasteiger partial charge in [0.25, 0.3) is 5.91 Å². The summed E-state index contributed by atoms with van der Waals surface area (Å²) < 4.78 is 5.41. The summed E-state index contributed by atoms with van der Waals surface area (Å²) in [7, 11) is 0. The van der Waals surface area contributed by atoms with Gasteiger partial charge in [0.2, 0.25) is 5.91 Å². The van der Waals surface area contributed by atoms with Crippen molar-refractivity contribution < 1.29 is 14.3 Å². The maximum atomic E-state index is 12.5. The van der Waals surface area contributed by atoms with Crippen LogP contribution in [-0.4, -0.2) is 30.6 Å². The Kier molecular flexibility index (Phi) is 4.48. The third-order valence-corrected chi connectivity index (χ3v) is 4.75. The fourth-order valence-corrected chi connectivity index (χ4v) is 3.22. The molecule has 1 aromatic carbocycles. The highest BCUT2D eigenvalue weighted by Crippen LogP contribution is 2.46. The molecular formula is C18H22N2O3. The molecule has 5 nitrogen and oxygen atoms in total. The molecule has 0 spiro atoms. The predicted molar refractivity (Wildman–Crippen MR) is 88.2 cm³/mol. The molecule has 1 saturated heterocycles. The SMILES string of the molecule is C=CC(=O)Nc1ccc(C(=O)NC2(C3CCOCC3)CC2)cc1. The van der Waals surface area contributed by atoms with Gasteiger partial charge in [-0.25, -0.2) is 0 Å². The van der Waals surface area contributed by atoms with E-state index in [2.05, 4.69) is 17.2 Å². The monoisotopic (exact) mass is 314 g/mol. The van der Waals surface area contributed by atoms with Gasteiger partial charge in [-0.3, -0.25) is 9.59 Å². The van der Waals surface area contributed by atoms with Gasteiger partial charge in [-0.1, -0.05) is 6.58 Å². The standard InChI is InChI=1S/C18H22N2O3/c1-2-16(21)19-15-5-3-13(4-6-15)17(22)20-18(9-10-18)14-7-11-23-12-8-14/h2-6,14H,1,7-12H2,(H,19,21)(H,20,22). The van der Waals surface area contributed by atoms with Crippen LogP contribution in [0, 0.1) is 5.92 Å². The molecule has 0 unspecified atom stereocenters. The Bertz CT molecular complexity index is 599. The lowest BCUT2D eigenvalue weighted by Gasteiger charge is -2.31. The minimum atomic E-state index is -0.265. The first kappa shape index (κ1) is 15.7. The highest BCUT2D eigenvalue weighted by atomic mass is 16.5. The van der Waals surface area contributed by atoms with Crippen LogP contribution in [0.4, 0.5) is 5.69 Å². The molecule has 0 radical (unpaired) electrons. The smallest absolute Gasteiger partial charge is 0.251 e. The highest BCUT2D eigenvalue weighted by molar-refractivity contribution is 5.99. The topological polar surface area (TPSA) is 67.4 Å². The highest BCUT2D eigenvalue weighted by Gasteiger charge is 2.50. The van der Waals surface area contributed by atoms with E-state index in [0.29, 0.717) is 17.2 Å². The van der Waals surface area contributed by atoms with Crippen molar-refractivity contribution >= 4 is 17.5 Å². The van der Waals surface area contributed by atoms with E-state index in [0.717, 1.165) is 38.9 Å². The molecule has 1 heterocycles. The van der Waals surface area contributed by atoms with E-state index in [1.54, 1.807) is 24.3 Å². The maximum absolute atomic E-state index is 12.5. The summed E-state index contributed by atoms with van der Waals surface area (Å²) in [6.45, 7) is 4.99. The second kappa shape index (κ2) is 6.54. The Balaban J connectivity index is 1.62. The Morgan fingerprint density at radius 2 is 1.83 bits per heavy atom. The van der Waals surface area contributed by atoms with Gasteiger partial charge in [0.15, 0.2) is 0 Å². The minimum absolute atomic E-state index is 0.0312. The third-order valence-electron chi connectivity index (χ3n) is 4.75. The molecule has 1 saturated carbocycles. The van der Waals surface area contributed by atoms with Crippen molar-refractivity contribution in [3.05, 3.63) is 42.5 Å². The molecule has 2 N–H and O–H groups in total. The van der Waals surface area contributed by atoms with Gasteiger partial charge in [-0.05, 0) is 61.9 Å². The number of carbonyl (C=O) groups is 2. The summed E-state index contributed by atoms with van der Waals surface area (Å²) in [5.74, 6) is 0.209.